The Morgan fingerprint density at radius 2 is 1.54 bits per heavy atom. The first-order valence-electron chi connectivity index (χ1n) is 7.91. The van der Waals surface area contributed by atoms with Crippen LogP contribution in [-0.4, -0.2) is 24.8 Å². The summed E-state index contributed by atoms with van der Waals surface area (Å²) in [5.74, 6) is -3.01. The van der Waals surface area contributed by atoms with Gasteiger partial charge in [-0.25, -0.2) is 14.0 Å². The van der Waals surface area contributed by atoms with Crippen LogP contribution in [0.1, 0.15) is 19.4 Å². The van der Waals surface area contributed by atoms with Crippen molar-refractivity contribution in [3.05, 3.63) is 59.4 Å². The predicted octanol–water partition coefficient (Wildman–Crippen LogP) is 3.72. The molecule has 5 nitrogen and oxygen atoms in total. The Balaban J connectivity index is 1.85. The molecule has 2 aromatic carbocycles. The highest BCUT2D eigenvalue weighted by molar-refractivity contribution is 6.18. The van der Waals surface area contributed by atoms with Crippen LogP contribution in [0.4, 0.5) is 4.39 Å². The molecule has 1 heterocycles. The smallest absolute Gasteiger partial charge is 0.348 e. The van der Waals surface area contributed by atoms with E-state index in [2.05, 4.69) is 0 Å². The highest BCUT2D eigenvalue weighted by atomic mass is 19.1. The number of rotatable bonds is 3. The van der Waals surface area contributed by atoms with E-state index in [9.17, 15) is 14.0 Å². The maximum absolute atomic E-state index is 13.8. The van der Waals surface area contributed by atoms with Crippen LogP contribution in [0.3, 0.4) is 0 Å². The van der Waals surface area contributed by atoms with Gasteiger partial charge in [0.25, 0.3) is 5.79 Å². The molecule has 0 atom stereocenters. The average molecular weight is 356 g/mol. The standard InChI is InChI=1S/C20H17FO5/c1-20(2)25-18(22)15(19(23)26-20)10-12-4-6-13(7-5-12)14-8-9-17(24-3)16(21)11-14/h4-11H,1-3H3. The normalized spacial score (nSPS) is 15.9. The molecule has 2 aromatic rings. The van der Waals surface area contributed by atoms with Crippen molar-refractivity contribution in [1.29, 1.82) is 0 Å². The lowest BCUT2D eigenvalue weighted by Gasteiger charge is -2.29. The van der Waals surface area contributed by atoms with E-state index in [0.717, 1.165) is 5.56 Å². The van der Waals surface area contributed by atoms with E-state index in [1.807, 2.05) is 0 Å². The molecule has 0 bridgehead atoms. The molecular weight excluding hydrogens is 339 g/mol. The van der Waals surface area contributed by atoms with E-state index in [1.54, 1.807) is 36.4 Å². The summed E-state index contributed by atoms with van der Waals surface area (Å²) < 4.78 is 28.8. The van der Waals surface area contributed by atoms with Crippen molar-refractivity contribution in [3.63, 3.8) is 0 Å². The van der Waals surface area contributed by atoms with Gasteiger partial charge < -0.3 is 14.2 Å². The zero-order valence-electron chi connectivity index (χ0n) is 14.5. The number of methoxy groups -OCH3 is 1. The Morgan fingerprint density at radius 1 is 0.962 bits per heavy atom. The second kappa shape index (κ2) is 6.63. The summed E-state index contributed by atoms with van der Waals surface area (Å²) in [6, 6.07) is 11.6. The third kappa shape index (κ3) is 3.59. The molecule has 134 valence electrons. The van der Waals surface area contributed by atoms with Gasteiger partial charge >= 0.3 is 11.9 Å². The maximum Gasteiger partial charge on any atom is 0.348 e. The van der Waals surface area contributed by atoms with Crippen LogP contribution < -0.4 is 4.74 Å². The van der Waals surface area contributed by atoms with Gasteiger partial charge in [0, 0.05) is 13.8 Å². The number of hydrogen-bond acceptors (Lipinski definition) is 5. The first-order valence-corrected chi connectivity index (χ1v) is 7.91. The third-order valence-electron chi connectivity index (χ3n) is 3.82. The van der Waals surface area contributed by atoms with Gasteiger partial charge in [-0.2, -0.15) is 0 Å². The number of carbonyl (C=O) groups is 2. The van der Waals surface area contributed by atoms with Gasteiger partial charge in [0.2, 0.25) is 0 Å². The van der Waals surface area contributed by atoms with Gasteiger partial charge in [-0.1, -0.05) is 30.3 Å². The predicted molar refractivity (Wildman–Crippen MR) is 92.6 cm³/mol. The molecule has 0 amide bonds. The molecule has 1 aliphatic rings. The quantitative estimate of drug-likeness (QED) is 0.476. The number of esters is 2. The molecule has 6 heteroatoms. The minimum atomic E-state index is -1.27. The Morgan fingerprint density at radius 3 is 2.08 bits per heavy atom. The lowest BCUT2D eigenvalue weighted by atomic mass is 10.0. The summed E-state index contributed by atoms with van der Waals surface area (Å²) in [5, 5.41) is 0. The number of carbonyl (C=O) groups excluding carboxylic acids is 2. The summed E-state index contributed by atoms with van der Waals surface area (Å²) in [5.41, 5.74) is 1.91. The van der Waals surface area contributed by atoms with Crippen LogP contribution in [0.25, 0.3) is 17.2 Å². The van der Waals surface area contributed by atoms with Crippen molar-refractivity contribution in [2.45, 2.75) is 19.6 Å². The summed E-state index contributed by atoms with van der Waals surface area (Å²) >= 11 is 0. The number of hydrogen-bond donors (Lipinski definition) is 0. The minimum Gasteiger partial charge on any atom is -0.494 e. The van der Waals surface area contributed by atoms with Gasteiger partial charge in [-0.15, -0.1) is 0 Å². The van der Waals surface area contributed by atoms with Crippen molar-refractivity contribution in [2.75, 3.05) is 7.11 Å². The molecule has 1 fully saturated rings. The topological polar surface area (TPSA) is 61.8 Å². The molecule has 0 aliphatic carbocycles. The molecule has 0 unspecified atom stereocenters. The number of halogens is 1. The van der Waals surface area contributed by atoms with E-state index >= 15 is 0 Å². The highest BCUT2D eigenvalue weighted by Crippen LogP contribution is 2.27. The Bertz CT molecular complexity index is 875. The molecule has 0 radical (unpaired) electrons. The van der Waals surface area contributed by atoms with Crippen LogP contribution in [0.5, 0.6) is 5.75 Å². The van der Waals surface area contributed by atoms with Crippen molar-refractivity contribution >= 4 is 18.0 Å². The molecule has 0 aromatic heterocycles. The lowest BCUT2D eigenvalue weighted by molar-refractivity contribution is -0.222. The molecule has 26 heavy (non-hydrogen) atoms. The number of cyclic esters (lactones) is 2. The first-order chi connectivity index (χ1) is 12.3. The fraction of sp³-hybridized carbons (Fsp3) is 0.200. The molecule has 0 N–H and O–H groups in total. The van der Waals surface area contributed by atoms with Gasteiger partial charge in [-0.05, 0) is 34.9 Å². The van der Waals surface area contributed by atoms with Crippen molar-refractivity contribution in [2.24, 2.45) is 0 Å². The van der Waals surface area contributed by atoms with E-state index in [1.165, 1.54) is 33.1 Å². The number of benzene rings is 2. The van der Waals surface area contributed by atoms with E-state index in [4.69, 9.17) is 14.2 Å². The van der Waals surface area contributed by atoms with Gasteiger partial charge in [0.15, 0.2) is 11.6 Å². The summed E-state index contributed by atoms with van der Waals surface area (Å²) in [7, 11) is 1.41. The lowest BCUT2D eigenvalue weighted by Crippen LogP contribution is -2.41. The first kappa shape index (κ1) is 17.7. The summed E-state index contributed by atoms with van der Waals surface area (Å²) in [6.07, 6.45) is 1.40. The molecule has 0 spiro atoms. The molecule has 1 saturated heterocycles. The maximum atomic E-state index is 13.8. The van der Waals surface area contributed by atoms with Crippen molar-refractivity contribution < 1.29 is 28.2 Å². The zero-order valence-corrected chi connectivity index (χ0v) is 14.5. The van der Waals surface area contributed by atoms with Crippen molar-refractivity contribution in [1.82, 2.24) is 0 Å². The van der Waals surface area contributed by atoms with E-state index < -0.39 is 23.5 Å². The second-order valence-corrected chi connectivity index (χ2v) is 6.21. The van der Waals surface area contributed by atoms with Crippen LogP contribution in [0.15, 0.2) is 48.0 Å². The summed E-state index contributed by atoms with van der Waals surface area (Å²) in [6.45, 7) is 2.98. The monoisotopic (exact) mass is 356 g/mol. The average Bonchev–Trinajstić information content (AvgIpc) is 2.58. The Hall–Kier alpha value is -3.15. The van der Waals surface area contributed by atoms with Crippen LogP contribution >= 0.6 is 0 Å². The molecule has 1 aliphatic heterocycles. The minimum absolute atomic E-state index is 0.173. The van der Waals surface area contributed by atoms with Gasteiger partial charge in [-0.3, -0.25) is 0 Å². The van der Waals surface area contributed by atoms with Crippen LogP contribution in [0, 0.1) is 5.82 Å². The van der Waals surface area contributed by atoms with Gasteiger partial charge in [0.05, 0.1) is 7.11 Å². The molecule has 0 saturated carbocycles. The fourth-order valence-corrected chi connectivity index (χ4v) is 2.56. The Kier molecular flexibility index (Phi) is 4.50. The van der Waals surface area contributed by atoms with Crippen LogP contribution in [0.2, 0.25) is 0 Å². The fourth-order valence-electron chi connectivity index (χ4n) is 2.56. The third-order valence-corrected chi connectivity index (χ3v) is 3.82. The largest absolute Gasteiger partial charge is 0.494 e. The zero-order chi connectivity index (χ0) is 18.9. The second-order valence-electron chi connectivity index (χ2n) is 6.21. The molecule has 3 rings (SSSR count). The van der Waals surface area contributed by atoms with E-state index in [0.29, 0.717) is 11.1 Å². The number of ether oxygens (including phenoxy) is 3. The summed E-state index contributed by atoms with van der Waals surface area (Å²) in [4.78, 5) is 23.9. The Labute approximate surface area is 150 Å². The van der Waals surface area contributed by atoms with Crippen molar-refractivity contribution in [3.8, 4) is 16.9 Å². The molecular formula is C20H17FO5. The SMILES string of the molecule is COc1ccc(-c2ccc(C=C3C(=O)OC(C)(C)OC3=O)cc2)cc1F. The highest BCUT2D eigenvalue weighted by Gasteiger charge is 2.38. The van der Waals surface area contributed by atoms with E-state index in [-0.39, 0.29) is 11.3 Å². The van der Waals surface area contributed by atoms with Crippen LogP contribution in [-0.2, 0) is 19.1 Å². The van der Waals surface area contributed by atoms with Gasteiger partial charge in [0.1, 0.15) is 5.57 Å².